The van der Waals surface area contributed by atoms with Gasteiger partial charge < -0.3 is 10.6 Å². The number of nitrogens with zero attached hydrogens (tertiary/aromatic N) is 1. The molecule has 4 heteroatoms. The van der Waals surface area contributed by atoms with Crippen molar-refractivity contribution < 1.29 is 4.79 Å². The summed E-state index contributed by atoms with van der Waals surface area (Å²) < 4.78 is 0. The third-order valence-electron chi connectivity index (χ3n) is 2.57. The standard InChI is InChI=1S/C14H15N3O/c1-11(12-6-3-2-4-7-12)16-14(18)17-13-8-5-9-15-10-13/h2-11H,1H3,(H2,16,17,18)/t11-/m0/s1. The summed E-state index contributed by atoms with van der Waals surface area (Å²) in [5.41, 5.74) is 1.74. The van der Waals surface area contributed by atoms with Gasteiger partial charge in [0.1, 0.15) is 0 Å². The second-order valence-corrected chi connectivity index (χ2v) is 3.97. The van der Waals surface area contributed by atoms with Gasteiger partial charge in [-0.25, -0.2) is 4.79 Å². The number of carbonyl (C=O) groups excluding carboxylic acids is 1. The zero-order valence-corrected chi connectivity index (χ0v) is 10.1. The van der Waals surface area contributed by atoms with Crippen LogP contribution >= 0.6 is 0 Å². The first-order chi connectivity index (χ1) is 8.75. The number of hydrogen-bond acceptors (Lipinski definition) is 2. The number of nitrogens with one attached hydrogen (secondary N) is 2. The summed E-state index contributed by atoms with van der Waals surface area (Å²) in [6.07, 6.45) is 3.27. The first-order valence-corrected chi connectivity index (χ1v) is 5.78. The molecule has 1 aromatic heterocycles. The van der Waals surface area contributed by atoms with Gasteiger partial charge in [0.05, 0.1) is 17.9 Å². The minimum atomic E-state index is -0.237. The minimum Gasteiger partial charge on any atom is -0.331 e. The normalized spacial score (nSPS) is 11.6. The van der Waals surface area contributed by atoms with Crippen LogP contribution in [0, 0.1) is 0 Å². The molecule has 0 fully saturated rings. The Morgan fingerprint density at radius 2 is 1.94 bits per heavy atom. The van der Waals surface area contributed by atoms with E-state index in [2.05, 4.69) is 15.6 Å². The maximum Gasteiger partial charge on any atom is 0.319 e. The first kappa shape index (κ1) is 12.1. The van der Waals surface area contributed by atoms with Crippen molar-refractivity contribution in [2.75, 3.05) is 5.32 Å². The molecule has 2 amide bonds. The Hall–Kier alpha value is -2.36. The molecule has 0 radical (unpaired) electrons. The van der Waals surface area contributed by atoms with Gasteiger partial charge in [0.2, 0.25) is 0 Å². The number of hydrogen-bond donors (Lipinski definition) is 2. The van der Waals surface area contributed by atoms with Crippen molar-refractivity contribution in [3.05, 3.63) is 60.4 Å². The molecular weight excluding hydrogens is 226 g/mol. The third kappa shape index (κ3) is 3.31. The smallest absolute Gasteiger partial charge is 0.319 e. The van der Waals surface area contributed by atoms with Crippen LogP contribution in [0.5, 0.6) is 0 Å². The summed E-state index contributed by atoms with van der Waals surface area (Å²) in [5.74, 6) is 0. The number of benzene rings is 1. The predicted molar refractivity (Wildman–Crippen MR) is 71.2 cm³/mol. The van der Waals surface area contributed by atoms with E-state index in [-0.39, 0.29) is 12.1 Å². The third-order valence-corrected chi connectivity index (χ3v) is 2.57. The molecular formula is C14H15N3O. The van der Waals surface area contributed by atoms with Crippen molar-refractivity contribution in [3.8, 4) is 0 Å². The Balaban J connectivity index is 1.92. The highest BCUT2D eigenvalue weighted by Crippen LogP contribution is 2.11. The van der Waals surface area contributed by atoms with Gasteiger partial charge in [0.15, 0.2) is 0 Å². The molecule has 2 aromatic rings. The number of pyridine rings is 1. The van der Waals surface area contributed by atoms with Gasteiger partial charge in [-0.1, -0.05) is 30.3 Å². The Bertz CT molecular complexity index is 499. The molecule has 0 unspecified atom stereocenters. The second-order valence-electron chi connectivity index (χ2n) is 3.97. The molecule has 0 aliphatic heterocycles. The topological polar surface area (TPSA) is 54.0 Å². The van der Waals surface area contributed by atoms with E-state index in [1.54, 1.807) is 24.5 Å². The van der Waals surface area contributed by atoms with Gasteiger partial charge in [0, 0.05) is 6.20 Å². The number of carbonyl (C=O) groups is 1. The molecule has 1 heterocycles. The first-order valence-electron chi connectivity index (χ1n) is 5.78. The van der Waals surface area contributed by atoms with E-state index in [4.69, 9.17) is 0 Å². The van der Waals surface area contributed by atoms with Gasteiger partial charge in [-0.05, 0) is 24.6 Å². The van der Waals surface area contributed by atoms with E-state index in [9.17, 15) is 4.79 Å². The van der Waals surface area contributed by atoms with Gasteiger partial charge in [-0.15, -0.1) is 0 Å². The fourth-order valence-electron chi connectivity index (χ4n) is 1.63. The maximum atomic E-state index is 11.7. The highest BCUT2D eigenvalue weighted by molar-refractivity contribution is 5.89. The fourth-order valence-corrected chi connectivity index (χ4v) is 1.63. The van der Waals surface area contributed by atoms with Gasteiger partial charge in [-0.2, -0.15) is 0 Å². The molecule has 1 atom stereocenters. The van der Waals surface area contributed by atoms with Crippen molar-refractivity contribution in [2.45, 2.75) is 13.0 Å². The molecule has 0 aliphatic carbocycles. The van der Waals surface area contributed by atoms with Crippen molar-refractivity contribution in [1.82, 2.24) is 10.3 Å². The molecule has 0 aliphatic rings. The van der Waals surface area contributed by atoms with Gasteiger partial charge in [-0.3, -0.25) is 4.98 Å². The van der Waals surface area contributed by atoms with Crippen LogP contribution < -0.4 is 10.6 Å². The van der Waals surface area contributed by atoms with Crippen molar-refractivity contribution in [1.29, 1.82) is 0 Å². The zero-order valence-electron chi connectivity index (χ0n) is 10.1. The monoisotopic (exact) mass is 241 g/mol. The minimum absolute atomic E-state index is 0.0390. The van der Waals surface area contributed by atoms with Gasteiger partial charge in [0.25, 0.3) is 0 Å². The molecule has 92 valence electrons. The van der Waals surface area contributed by atoms with E-state index < -0.39 is 0 Å². The summed E-state index contributed by atoms with van der Waals surface area (Å²) in [7, 11) is 0. The van der Waals surface area contributed by atoms with Crippen molar-refractivity contribution in [2.24, 2.45) is 0 Å². The average Bonchev–Trinajstić information content (AvgIpc) is 2.40. The lowest BCUT2D eigenvalue weighted by Gasteiger charge is -2.14. The molecule has 2 N–H and O–H groups in total. The SMILES string of the molecule is C[C@H](NC(=O)Nc1cccnc1)c1ccccc1. The van der Waals surface area contributed by atoms with E-state index in [1.165, 1.54) is 0 Å². The molecule has 4 nitrogen and oxygen atoms in total. The predicted octanol–water partition coefficient (Wildman–Crippen LogP) is 2.96. The van der Waals surface area contributed by atoms with Crippen LogP contribution in [0.15, 0.2) is 54.9 Å². The molecule has 18 heavy (non-hydrogen) atoms. The van der Waals surface area contributed by atoms with Crippen LogP contribution in [0.1, 0.15) is 18.5 Å². The average molecular weight is 241 g/mol. The van der Waals surface area contributed by atoms with Crippen LogP contribution in [0.4, 0.5) is 10.5 Å². The number of anilines is 1. The van der Waals surface area contributed by atoms with Crippen LogP contribution in [0.3, 0.4) is 0 Å². The second kappa shape index (κ2) is 5.82. The number of urea groups is 1. The molecule has 0 bridgehead atoms. The molecule has 0 spiro atoms. The number of aromatic nitrogens is 1. The summed E-state index contributed by atoms with van der Waals surface area (Å²) in [6.45, 7) is 1.94. The van der Waals surface area contributed by atoms with Crippen LogP contribution in [0.2, 0.25) is 0 Å². The molecule has 0 saturated heterocycles. The largest absolute Gasteiger partial charge is 0.331 e. The van der Waals surface area contributed by atoms with Crippen LogP contribution in [-0.4, -0.2) is 11.0 Å². The molecule has 1 aromatic carbocycles. The Morgan fingerprint density at radius 3 is 2.61 bits per heavy atom. The molecule has 0 saturated carbocycles. The summed E-state index contributed by atoms with van der Waals surface area (Å²) >= 11 is 0. The van der Waals surface area contributed by atoms with E-state index in [0.29, 0.717) is 5.69 Å². The highest BCUT2D eigenvalue weighted by atomic mass is 16.2. The van der Waals surface area contributed by atoms with Crippen molar-refractivity contribution in [3.63, 3.8) is 0 Å². The van der Waals surface area contributed by atoms with E-state index in [0.717, 1.165) is 5.56 Å². The Labute approximate surface area is 106 Å². The highest BCUT2D eigenvalue weighted by Gasteiger charge is 2.08. The summed E-state index contributed by atoms with van der Waals surface area (Å²) in [4.78, 5) is 15.7. The summed E-state index contributed by atoms with van der Waals surface area (Å²) in [6, 6.07) is 13.1. The summed E-state index contributed by atoms with van der Waals surface area (Å²) in [5, 5.41) is 5.60. The van der Waals surface area contributed by atoms with Crippen LogP contribution in [0.25, 0.3) is 0 Å². The lowest BCUT2D eigenvalue weighted by molar-refractivity contribution is 0.249. The van der Waals surface area contributed by atoms with E-state index >= 15 is 0 Å². The van der Waals surface area contributed by atoms with E-state index in [1.807, 2.05) is 37.3 Å². The zero-order chi connectivity index (χ0) is 12.8. The quantitative estimate of drug-likeness (QED) is 0.868. The van der Waals surface area contributed by atoms with Crippen molar-refractivity contribution >= 4 is 11.7 Å². The molecule has 2 rings (SSSR count). The Kier molecular flexibility index (Phi) is 3.91. The maximum absolute atomic E-state index is 11.7. The lowest BCUT2D eigenvalue weighted by atomic mass is 10.1. The van der Waals surface area contributed by atoms with Crippen LogP contribution in [-0.2, 0) is 0 Å². The number of rotatable bonds is 3. The number of amides is 2. The fraction of sp³-hybridized carbons (Fsp3) is 0.143. The Morgan fingerprint density at radius 1 is 1.17 bits per heavy atom. The van der Waals surface area contributed by atoms with Gasteiger partial charge >= 0.3 is 6.03 Å². The lowest BCUT2D eigenvalue weighted by Crippen LogP contribution is -2.31.